The Morgan fingerprint density at radius 1 is 0.917 bits per heavy atom. The molecule has 0 unspecified atom stereocenters. The number of nitrogens with one attached hydrogen (secondary N) is 3. The zero-order valence-corrected chi connectivity index (χ0v) is 27.2. The summed E-state index contributed by atoms with van der Waals surface area (Å²) in [6.07, 6.45) is 4.94. The molecule has 0 aromatic heterocycles. The minimum absolute atomic E-state index is 0.0269. The number of carboxylic acids is 1. The first-order valence-electron chi connectivity index (χ1n) is 16.5. The average molecular weight is 659 g/mol. The van der Waals surface area contributed by atoms with Gasteiger partial charge in [-0.2, -0.15) is 0 Å². The fourth-order valence-electron chi connectivity index (χ4n) is 8.20. The number of aliphatic carboxylic acids is 1. The lowest BCUT2D eigenvalue weighted by Crippen LogP contribution is -2.59. The predicted molar refractivity (Wildman–Crippen MR) is 176 cm³/mol. The Morgan fingerprint density at radius 3 is 2.19 bits per heavy atom. The molecule has 5 aliphatic rings. The van der Waals surface area contributed by atoms with E-state index in [9.17, 15) is 33.9 Å². The molecule has 13 nitrogen and oxygen atoms in total. The average Bonchev–Trinajstić information content (AvgIpc) is 3.29. The highest BCUT2D eigenvalue weighted by atomic mass is 16.4. The first kappa shape index (κ1) is 33.0. The van der Waals surface area contributed by atoms with Crippen LogP contribution in [0.2, 0.25) is 0 Å². The summed E-state index contributed by atoms with van der Waals surface area (Å²) >= 11 is 0. The fraction of sp³-hybridized carbons (Fsp3) is 0.486. The third-order valence-corrected chi connectivity index (χ3v) is 10.5. The first-order valence-corrected chi connectivity index (χ1v) is 16.5. The van der Waals surface area contributed by atoms with E-state index in [1.54, 1.807) is 30.3 Å². The van der Waals surface area contributed by atoms with Crippen molar-refractivity contribution in [3.05, 3.63) is 59.7 Å². The Hall–Kier alpha value is -4.94. The van der Waals surface area contributed by atoms with Crippen LogP contribution in [0.1, 0.15) is 49.7 Å². The number of likely N-dealkylation sites (N-methyl/N-ethyl adjacent to an activating group) is 1. The topological polar surface area (TPSA) is 168 Å². The molecule has 254 valence electrons. The standard InChI is InChI=1S/C35H42N6O7/c1-20-5-3-4-6-27(20)37-34(47)36-26-9-7-21(8-10-26)17-40-18-30(43)41(35(40)48)19-29(42)39(2)28(16-31(44)45)33(46)38-32-24-12-22-11-23(14-24)15-25(32)13-22/h3-10,22-25,28,32H,11-19H2,1-2H3,(H,38,46)(H,44,45)(H2,36,37,47)/t22?,23?,24?,25?,28-,32?/m0/s1. The number of imide groups is 1. The molecule has 0 spiro atoms. The van der Waals surface area contributed by atoms with Gasteiger partial charge in [0, 0.05) is 31.0 Å². The number of benzene rings is 2. The van der Waals surface area contributed by atoms with E-state index in [4.69, 9.17) is 0 Å². The molecule has 1 aliphatic heterocycles. The largest absolute Gasteiger partial charge is 0.481 e. The van der Waals surface area contributed by atoms with Crippen LogP contribution in [-0.2, 0) is 25.7 Å². The van der Waals surface area contributed by atoms with Crippen LogP contribution in [0, 0.1) is 30.6 Å². The number of nitrogens with zero attached hydrogens (tertiary/aromatic N) is 3. The lowest BCUT2D eigenvalue weighted by molar-refractivity contribution is -0.147. The van der Waals surface area contributed by atoms with Crippen LogP contribution in [0.5, 0.6) is 0 Å². The quantitative estimate of drug-likeness (QED) is 0.267. The van der Waals surface area contributed by atoms with Crippen LogP contribution in [0.15, 0.2) is 48.5 Å². The van der Waals surface area contributed by atoms with Gasteiger partial charge in [0.15, 0.2) is 0 Å². The zero-order chi connectivity index (χ0) is 34.1. The Labute approximate surface area is 279 Å². The van der Waals surface area contributed by atoms with E-state index in [1.807, 2.05) is 25.1 Å². The van der Waals surface area contributed by atoms with Crippen molar-refractivity contribution in [2.45, 2.75) is 64.1 Å². The summed E-state index contributed by atoms with van der Waals surface area (Å²) in [6.45, 7) is 1.14. The monoisotopic (exact) mass is 658 g/mol. The first-order chi connectivity index (χ1) is 22.9. The van der Waals surface area contributed by atoms with E-state index in [1.165, 1.54) is 18.4 Å². The van der Waals surface area contributed by atoms with E-state index >= 15 is 0 Å². The van der Waals surface area contributed by atoms with E-state index in [0.717, 1.165) is 41.0 Å². The summed E-state index contributed by atoms with van der Waals surface area (Å²) < 4.78 is 0. The number of carbonyl (C=O) groups is 6. The number of aryl methyl sites for hydroxylation is 1. The molecule has 7 rings (SSSR count). The van der Waals surface area contributed by atoms with Gasteiger partial charge in [-0.3, -0.25) is 24.1 Å². The summed E-state index contributed by atoms with van der Waals surface area (Å²) in [6, 6.07) is 11.9. The van der Waals surface area contributed by atoms with E-state index < -0.39 is 54.8 Å². The summed E-state index contributed by atoms with van der Waals surface area (Å²) in [5.41, 5.74) is 2.85. The summed E-state index contributed by atoms with van der Waals surface area (Å²) in [7, 11) is 1.34. The molecule has 4 saturated carbocycles. The maximum absolute atomic E-state index is 13.5. The minimum Gasteiger partial charge on any atom is -0.481 e. The molecule has 4 N–H and O–H groups in total. The molecule has 0 radical (unpaired) electrons. The third kappa shape index (κ3) is 7.14. The molecule has 7 amide bonds. The van der Waals surface area contributed by atoms with Crippen molar-refractivity contribution >= 4 is 47.1 Å². The Balaban J connectivity index is 1.03. The van der Waals surface area contributed by atoms with Crippen LogP contribution in [0.4, 0.5) is 21.0 Å². The van der Waals surface area contributed by atoms with Crippen LogP contribution in [0.3, 0.4) is 0 Å². The molecule has 1 saturated heterocycles. The van der Waals surface area contributed by atoms with Gasteiger partial charge in [-0.25, -0.2) is 9.59 Å². The SMILES string of the molecule is Cc1ccccc1NC(=O)Nc1ccc(CN2CC(=O)N(CC(=O)N(C)[C@@H](CC(=O)O)C(=O)NC3C4CC5CC(C4)CC3C5)C2=O)cc1. The smallest absolute Gasteiger partial charge is 0.328 e. The number of urea groups is 2. The molecule has 2 aromatic carbocycles. The molecule has 4 aliphatic carbocycles. The van der Waals surface area contributed by atoms with Crippen molar-refractivity contribution < 1.29 is 33.9 Å². The third-order valence-electron chi connectivity index (χ3n) is 10.5. The Kier molecular flexibility index (Phi) is 9.38. The molecule has 2 aromatic rings. The maximum atomic E-state index is 13.5. The second-order valence-electron chi connectivity index (χ2n) is 13.8. The van der Waals surface area contributed by atoms with Crippen molar-refractivity contribution in [3.63, 3.8) is 0 Å². The lowest BCUT2D eigenvalue weighted by Gasteiger charge is -2.54. The number of rotatable bonds is 11. The van der Waals surface area contributed by atoms with Crippen LogP contribution < -0.4 is 16.0 Å². The van der Waals surface area contributed by atoms with Crippen molar-refractivity contribution in [1.29, 1.82) is 0 Å². The number of hydrogen-bond acceptors (Lipinski definition) is 6. The van der Waals surface area contributed by atoms with Crippen molar-refractivity contribution in [2.24, 2.45) is 23.7 Å². The van der Waals surface area contributed by atoms with Crippen LogP contribution in [0.25, 0.3) is 0 Å². The molecular formula is C35H42N6O7. The van der Waals surface area contributed by atoms with Crippen molar-refractivity contribution in [3.8, 4) is 0 Å². The molecule has 1 atom stereocenters. The van der Waals surface area contributed by atoms with Gasteiger partial charge in [0.25, 0.3) is 5.91 Å². The van der Waals surface area contributed by atoms with E-state index in [0.29, 0.717) is 40.6 Å². The second kappa shape index (κ2) is 13.7. The highest BCUT2D eigenvalue weighted by Crippen LogP contribution is 2.53. The van der Waals surface area contributed by atoms with Crippen molar-refractivity contribution in [2.75, 3.05) is 30.8 Å². The number of amides is 7. The van der Waals surface area contributed by atoms with Gasteiger partial charge in [0.2, 0.25) is 11.8 Å². The van der Waals surface area contributed by atoms with E-state index in [-0.39, 0.29) is 19.1 Å². The summed E-state index contributed by atoms with van der Waals surface area (Å²) in [5, 5.41) is 18.2. The van der Waals surface area contributed by atoms with Crippen molar-refractivity contribution in [1.82, 2.24) is 20.0 Å². The highest BCUT2D eigenvalue weighted by molar-refractivity contribution is 6.05. The number of carboxylic acid groups (broad SMARTS) is 1. The molecular weight excluding hydrogens is 616 g/mol. The highest BCUT2D eigenvalue weighted by Gasteiger charge is 2.49. The van der Waals surface area contributed by atoms with Gasteiger partial charge in [0.1, 0.15) is 19.1 Å². The number of para-hydroxylation sites is 1. The summed E-state index contributed by atoms with van der Waals surface area (Å²) in [4.78, 5) is 80.2. The predicted octanol–water partition coefficient (Wildman–Crippen LogP) is 3.65. The normalized spacial score (nSPS) is 24.8. The molecule has 4 bridgehead atoms. The zero-order valence-electron chi connectivity index (χ0n) is 27.2. The molecule has 13 heteroatoms. The second-order valence-corrected chi connectivity index (χ2v) is 13.8. The van der Waals surface area contributed by atoms with Gasteiger partial charge in [0.05, 0.1) is 6.42 Å². The van der Waals surface area contributed by atoms with Gasteiger partial charge >= 0.3 is 18.0 Å². The number of hydrogen-bond donors (Lipinski definition) is 4. The van der Waals surface area contributed by atoms with Gasteiger partial charge < -0.3 is 30.9 Å². The summed E-state index contributed by atoms with van der Waals surface area (Å²) in [5.74, 6) is -0.866. The van der Waals surface area contributed by atoms with Gasteiger partial charge in [-0.1, -0.05) is 30.3 Å². The maximum Gasteiger partial charge on any atom is 0.328 e. The van der Waals surface area contributed by atoms with Gasteiger partial charge in [-0.05, 0) is 92.0 Å². The fourth-order valence-corrected chi connectivity index (χ4v) is 8.20. The molecule has 48 heavy (non-hydrogen) atoms. The van der Waals surface area contributed by atoms with Crippen LogP contribution >= 0.6 is 0 Å². The molecule has 5 fully saturated rings. The van der Waals surface area contributed by atoms with Crippen LogP contribution in [-0.4, -0.2) is 87.8 Å². The minimum atomic E-state index is -1.28. The van der Waals surface area contributed by atoms with Gasteiger partial charge in [-0.15, -0.1) is 0 Å². The Bertz CT molecular complexity index is 1580. The lowest BCUT2D eigenvalue weighted by atomic mass is 9.54. The Morgan fingerprint density at radius 2 is 1.56 bits per heavy atom. The molecule has 1 heterocycles. The van der Waals surface area contributed by atoms with E-state index in [2.05, 4.69) is 16.0 Å². The number of anilines is 2. The number of carbonyl (C=O) groups excluding carboxylic acids is 5.